The standard InChI is InChI=1S/C25H23FN4OS/c1-16-13-24(30-25(28-16)21(14-27-30)18-9-11-19(26)12-10-18)32-15-23(31)29-22-8-4-6-17-5-2-3-7-20(17)22/h2-3,5,7,9-14,22H,4,6,8,15H2,1H3,(H,29,31)/t22-/m0/s1. The van der Waals surface area contributed by atoms with E-state index in [2.05, 4.69) is 33.6 Å². The normalized spacial score (nSPS) is 15.5. The first kappa shape index (κ1) is 20.7. The predicted octanol–water partition coefficient (Wildman–Crippen LogP) is 5.13. The van der Waals surface area contributed by atoms with E-state index in [1.54, 1.807) is 22.8 Å². The molecule has 1 aliphatic carbocycles. The van der Waals surface area contributed by atoms with E-state index in [0.717, 1.165) is 41.1 Å². The topological polar surface area (TPSA) is 59.3 Å². The molecule has 5 rings (SSSR count). The predicted molar refractivity (Wildman–Crippen MR) is 124 cm³/mol. The highest BCUT2D eigenvalue weighted by atomic mass is 32.2. The number of carbonyl (C=O) groups is 1. The van der Waals surface area contributed by atoms with Gasteiger partial charge in [-0.15, -0.1) is 0 Å². The summed E-state index contributed by atoms with van der Waals surface area (Å²) in [5.74, 6) is 0.0191. The van der Waals surface area contributed by atoms with E-state index in [-0.39, 0.29) is 17.8 Å². The van der Waals surface area contributed by atoms with Crippen LogP contribution in [-0.2, 0) is 11.2 Å². The zero-order chi connectivity index (χ0) is 22.1. The largest absolute Gasteiger partial charge is 0.349 e. The summed E-state index contributed by atoms with van der Waals surface area (Å²) in [6, 6.07) is 16.7. The third-order valence-electron chi connectivity index (χ3n) is 5.78. The number of carbonyl (C=O) groups excluding carboxylic acids is 1. The van der Waals surface area contributed by atoms with Crippen molar-refractivity contribution in [2.75, 3.05) is 5.75 Å². The van der Waals surface area contributed by atoms with Gasteiger partial charge in [-0.1, -0.05) is 48.2 Å². The summed E-state index contributed by atoms with van der Waals surface area (Å²) in [6.07, 6.45) is 4.85. The van der Waals surface area contributed by atoms with Crippen molar-refractivity contribution in [3.8, 4) is 11.1 Å². The molecule has 0 fully saturated rings. The van der Waals surface area contributed by atoms with Gasteiger partial charge in [0.15, 0.2) is 5.65 Å². The van der Waals surface area contributed by atoms with Gasteiger partial charge in [-0.25, -0.2) is 13.9 Å². The second-order valence-corrected chi connectivity index (χ2v) is 9.03. The molecule has 5 nitrogen and oxygen atoms in total. The number of nitrogens with one attached hydrogen (secondary N) is 1. The summed E-state index contributed by atoms with van der Waals surface area (Å²) in [4.78, 5) is 17.4. The lowest BCUT2D eigenvalue weighted by atomic mass is 9.88. The van der Waals surface area contributed by atoms with Crippen molar-refractivity contribution in [2.45, 2.75) is 37.3 Å². The molecule has 0 unspecified atom stereocenters. The molecule has 2 aromatic carbocycles. The van der Waals surface area contributed by atoms with Gasteiger partial charge in [0.25, 0.3) is 0 Å². The Morgan fingerprint density at radius 3 is 2.88 bits per heavy atom. The van der Waals surface area contributed by atoms with Gasteiger partial charge in [-0.2, -0.15) is 5.10 Å². The Labute approximate surface area is 190 Å². The number of hydrogen-bond donors (Lipinski definition) is 1. The molecule has 32 heavy (non-hydrogen) atoms. The number of rotatable bonds is 5. The summed E-state index contributed by atoms with van der Waals surface area (Å²) >= 11 is 1.44. The van der Waals surface area contributed by atoms with Gasteiger partial charge in [-0.3, -0.25) is 4.79 Å². The number of fused-ring (bicyclic) bond motifs is 2. The molecule has 1 amide bonds. The van der Waals surface area contributed by atoms with E-state index in [0.29, 0.717) is 11.4 Å². The maximum Gasteiger partial charge on any atom is 0.230 e. The van der Waals surface area contributed by atoms with Crippen LogP contribution in [0.15, 0.2) is 65.8 Å². The van der Waals surface area contributed by atoms with E-state index in [4.69, 9.17) is 0 Å². The van der Waals surface area contributed by atoms with Crippen molar-refractivity contribution in [2.24, 2.45) is 0 Å². The van der Waals surface area contributed by atoms with E-state index in [1.807, 2.05) is 19.1 Å². The third-order valence-corrected chi connectivity index (χ3v) is 6.77. The van der Waals surface area contributed by atoms with E-state index >= 15 is 0 Å². The number of nitrogens with zero attached hydrogens (tertiary/aromatic N) is 3. The fourth-order valence-corrected chi connectivity index (χ4v) is 5.14. The first-order chi connectivity index (χ1) is 15.6. The van der Waals surface area contributed by atoms with Crippen LogP contribution in [0.5, 0.6) is 0 Å². The molecule has 4 aromatic rings. The van der Waals surface area contributed by atoms with Gasteiger partial charge in [-0.05, 0) is 61.1 Å². The zero-order valence-corrected chi connectivity index (χ0v) is 18.5. The van der Waals surface area contributed by atoms with Crippen molar-refractivity contribution < 1.29 is 9.18 Å². The van der Waals surface area contributed by atoms with Crippen LogP contribution in [0.3, 0.4) is 0 Å². The maximum atomic E-state index is 13.3. The molecule has 0 saturated carbocycles. The lowest BCUT2D eigenvalue weighted by molar-refractivity contribution is -0.119. The molecule has 1 atom stereocenters. The second kappa shape index (κ2) is 8.74. The minimum Gasteiger partial charge on any atom is -0.349 e. The quantitative estimate of drug-likeness (QED) is 0.341. The number of hydrogen-bond acceptors (Lipinski definition) is 4. The molecule has 2 heterocycles. The Kier molecular flexibility index (Phi) is 5.66. The van der Waals surface area contributed by atoms with Crippen LogP contribution >= 0.6 is 11.8 Å². The minimum atomic E-state index is -0.280. The molecule has 162 valence electrons. The lowest BCUT2D eigenvalue weighted by Gasteiger charge is -2.26. The maximum absolute atomic E-state index is 13.3. The SMILES string of the molecule is Cc1cc(SCC(=O)N[C@H]2CCCc3ccccc32)n2ncc(-c3ccc(F)cc3)c2n1. The Balaban J connectivity index is 1.34. The highest BCUT2D eigenvalue weighted by Crippen LogP contribution is 2.30. The molecule has 1 N–H and O–H groups in total. The number of thioether (sulfide) groups is 1. The Morgan fingerprint density at radius 2 is 2.03 bits per heavy atom. The van der Waals surface area contributed by atoms with E-state index < -0.39 is 0 Å². The highest BCUT2D eigenvalue weighted by molar-refractivity contribution is 7.99. The van der Waals surface area contributed by atoms with Crippen molar-refractivity contribution in [1.82, 2.24) is 19.9 Å². The van der Waals surface area contributed by atoms with Gasteiger partial charge in [0.2, 0.25) is 5.91 Å². The number of amides is 1. The Morgan fingerprint density at radius 1 is 1.22 bits per heavy atom. The van der Waals surface area contributed by atoms with Crippen molar-refractivity contribution >= 4 is 23.3 Å². The van der Waals surface area contributed by atoms with Gasteiger partial charge in [0.05, 0.1) is 18.0 Å². The number of aromatic nitrogens is 3. The number of aryl methyl sites for hydroxylation is 2. The number of halogens is 1. The molecule has 0 bridgehead atoms. The Hall–Kier alpha value is -3.19. The molecule has 0 aliphatic heterocycles. The van der Waals surface area contributed by atoms with Gasteiger partial charge in [0.1, 0.15) is 10.8 Å². The van der Waals surface area contributed by atoms with Crippen LogP contribution in [0.1, 0.15) is 35.7 Å². The summed E-state index contributed by atoms with van der Waals surface area (Å²) in [7, 11) is 0. The average Bonchev–Trinajstić information content (AvgIpc) is 3.22. The first-order valence-corrected chi connectivity index (χ1v) is 11.7. The molecular formula is C25H23FN4OS. The molecular weight excluding hydrogens is 423 g/mol. The molecule has 0 saturated heterocycles. The summed E-state index contributed by atoms with van der Waals surface area (Å²) in [5, 5.41) is 8.54. The van der Waals surface area contributed by atoms with E-state index in [9.17, 15) is 9.18 Å². The summed E-state index contributed by atoms with van der Waals surface area (Å²) in [6.45, 7) is 1.92. The van der Waals surface area contributed by atoms with Crippen molar-refractivity contribution in [1.29, 1.82) is 0 Å². The Bertz CT molecular complexity index is 1290. The van der Waals surface area contributed by atoms with Crippen LogP contribution < -0.4 is 5.32 Å². The first-order valence-electron chi connectivity index (χ1n) is 10.7. The van der Waals surface area contributed by atoms with Crippen LogP contribution in [-0.4, -0.2) is 26.3 Å². The molecule has 7 heteroatoms. The fourth-order valence-electron chi connectivity index (χ4n) is 4.27. The van der Waals surface area contributed by atoms with Gasteiger partial charge < -0.3 is 5.32 Å². The van der Waals surface area contributed by atoms with Gasteiger partial charge in [0, 0.05) is 11.3 Å². The fraction of sp³-hybridized carbons (Fsp3) is 0.240. The van der Waals surface area contributed by atoms with Crippen LogP contribution in [0.25, 0.3) is 16.8 Å². The second-order valence-electron chi connectivity index (χ2n) is 8.04. The zero-order valence-electron chi connectivity index (χ0n) is 17.7. The van der Waals surface area contributed by atoms with E-state index in [1.165, 1.54) is 35.0 Å². The molecule has 0 radical (unpaired) electrons. The van der Waals surface area contributed by atoms with Crippen LogP contribution in [0.4, 0.5) is 4.39 Å². The molecule has 1 aliphatic rings. The minimum absolute atomic E-state index is 0.00484. The number of benzene rings is 2. The average molecular weight is 447 g/mol. The van der Waals surface area contributed by atoms with Crippen LogP contribution in [0.2, 0.25) is 0 Å². The highest BCUT2D eigenvalue weighted by Gasteiger charge is 2.21. The lowest BCUT2D eigenvalue weighted by Crippen LogP contribution is -2.32. The van der Waals surface area contributed by atoms with Crippen LogP contribution in [0, 0.1) is 12.7 Å². The summed E-state index contributed by atoms with van der Waals surface area (Å²) < 4.78 is 15.1. The summed E-state index contributed by atoms with van der Waals surface area (Å²) in [5.41, 5.74) is 5.78. The monoisotopic (exact) mass is 446 g/mol. The third kappa shape index (κ3) is 4.12. The van der Waals surface area contributed by atoms with Crippen molar-refractivity contribution in [3.05, 3.63) is 83.4 Å². The molecule has 0 spiro atoms. The van der Waals surface area contributed by atoms with Gasteiger partial charge >= 0.3 is 0 Å². The van der Waals surface area contributed by atoms with Crippen molar-refractivity contribution in [3.63, 3.8) is 0 Å². The smallest absolute Gasteiger partial charge is 0.230 e. The molecule has 2 aromatic heterocycles.